The van der Waals surface area contributed by atoms with E-state index >= 15 is 0 Å². The molecular weight excluding hydrogens is 248 g/mol. The van der Waals surface area contributed by atoms with E-state index in [9.17, 15) is 8.42 Å². The summed E-state index contributed by atoms with van der Waals surface area (Å²) in [5.41, 5.74) is 5.67. The van der Waals surface area contributed by atoms with E-state index in [1.807, 2.05) is 0 Å². The Bertz CT molecular complexity index is 369. The Kier molecular flexibility index (Phi) is 5.21. The third-order valence-corrected chi connectivity index (χ3v) is 6.29. The molecule has 5 heteroatoms. The van der Waals surface area contributed by atoms with Crippen molar-refractivity contribution in [1.82, 2.24) is 4.90 Å². The van der Waals surface area contributed by atoms with E-state index < -0.39 is 9.84 Å². The van der Waals surface area contributed by atoms with E-state index in [4.69, 9.17) is 5.73 Å². The van der Waals surface area contributed by atoms with Gasteiger partial charge in [-0.3, -0.25) is 4.90 Å². The Morgan fingerprint density at radius 1 is 1.44 bits per heavy atom. The van der Waals surface area contributed by atoms with Crippen LogP contribution in [-0.4, -0.2) is 49.5 Å². The molecule has 1 aliphatic carbocycles. The average molecular weight is 276 g/mol. The number of likely N-dealkylation sites (N-methyl/N-ethyl adjacent to an activating group) is 1. The zero-order chi connectivity index (χ0) is 14.0. The molecule has 0 aromatic heterocycles. The van der Waals surface area contributed by atoms with Crippen molar-refractivity contribution >= 4 is 9.84 Å². The van der Waals surface area contributed by atoms with Crippen LogP contribution in [0.25, 0.3) is 0 Å². The Labute approximate surface area is 112 Å². The van der Waals surface area contributed by atoms with Gasteiger partial charge in [-0.2, -0.15) is 0 Å². The summed E-state index contributed by atoms with van der Waals surface area (Å²) in [6.07, 6.45) is 4.99. The Morgan fingerprint density at radius 3 is 2.44 bits per heavy atom. The van der Waals surface area contributed by atoms with Gasteiger partial charge in [-0.15, -0.1) is 0 Å². The topological polar surface area (TPSA) is 63.4 Å². The first-order valence-corrected chi connectivity index (χ1v) is 8.94. The molecule has 1 fully saturated rings. The van der Waals surface area contributed by atoms with Gasteiger partial charge in [-0.1, -0.05) is 20.3 Å². The molecule has 0 spiro atoms. The summed E-state index contributed by atoms with van der Waals surface area (Å²) in [4.78, 5) is 2.33. The normalized spacial score (nSPS) is 30.9. The fourth-order valence-electron chi connectivity index (χ4n) is 3.60. The molecule has 0 radical (unpaired) electrons. The number of nitrogens with two attached hydrogens (primary N) is 1. The number of hydrogen-bond acceptors (Lipinski definition) is 4. The predicted molar refractivity (Wildman–Crippen MR) is 76.4 cm³/mol. The lowest BCUT2D eigenvalue weighted by Gasteiger charge is -2.46. The highest BCUT2D eigenvalue weighted by Gasteiger charge is 2.51. The van der Waals surface area contributed by atoms with Crippen molar-refractivity contribution < 1.29 is 8.42 Å². The first kappa shape index (κ1) is 15.9. The van der Waals surface area contributed by atoms with E-state index in [1.54, 1.807) is 0 Å². The standard InChI is InChI=1S/C13H28N2O2S/c1-5-11(3)15(6-2)13(10-14)9-7-8-12(13)18(4,16)17/h11-12H,5-10,14H2,1-4H3. The van der Waals surface area contributed by atoms with E-state index in [1.165, 1.54) is 6.26 Å². The lowest BCUT2D eigenvalue weighted by atomic mass is 9.92. The predicted octanol–water partition coefficient (Wildman–Crippen LogP) is 1.40. The molecular formula is C13H28N2O2S. The smallest absolute Gasteiger partial charge is 0.152 e. The van der Waals surface area contributed by atoms with Crippen molar-refractivity contribution in [2.75, 3.05) is 19.3 Å². The molecule has 0 heterocycles. The maximum atomic E-state index is 12.1. The highest BCUT2D eigenvalue weighted by Crippen LogP contribution is 2.40. The second-order valence-electron chi connectivity index (χ2n) is 5.56. The fraction of sp³-hybridized carbons (Fsp3) is 1.00. The molecule has 2 N–H and O–H groups in total. The fourth-order valence-corrected chi connectivity index (χ4v) is 5.34. The zero-order valence-corrected chi connectivity index (χ0v) is 13.0. The average Bonchev–Trinajstić information content (AvgIpc) is 2.74. The molecule has 3 atom stereocenters. The van der Waals surface area contributed by atoms with Gasteiger partial charge in [-0.25, -0.2) is 8.42 Å². The van der Waals surface area contributed by atoms with Crippen molar-refractivity contribution in [3.63, 3.8) is 0 Å². The first-order chi connectivity index (χ1) is 8.33. The SMILES string of the molecule is CCC(C)N(CC)C1(CN)CCCC1S(C)(=O)=O. The molecule has 18 heavy (non-hydrogen) atoms. The van der Waals surface area contributed by atoms with Gasteiger partial charge in [0.2, 0.25) is 0 Å². The Balaban J connectivity index is 3.17. The number of rotatable bonds is 6. The quantitative estimate of drug-likeness (QED) is 0.796. The molecule has 4 nitrogen and oxygen atoms in total. The van der Waals surface area contributed by atoms with Crippen LogP contribution in [0.15, 0.2) is 0 Å². The number of nitrogens with zero attached hydrogens (tertiary/aromatic N) is 1. The van der Waals surface area contributed by atoms with Crippen LogP contribution in [0.4, 0.5) is 0 Å². The second-order valence-corrected chi connectivity index (χ2v) is 7.79. The molecule has 0 saturated heterocycles. The summed E-state index contributed by atoms with van der Waals surface area (Å²) >= 11 is 0. The summed E-state index contributed by atoms with van der Waals surface area (Å²) in [5.74, 6) is 0. The maximum absolute atomic E-state index is 12.1. The molecule has 3 unspecified atom stereocenters. The van der Waals surface area contributed by atoms with Crippen molar-refractivity contribution in [3.05, 3.63) is 0 Å². The van der Waals surface area contributed by atoms with Gasteiger partial charge in [0.15, 0.2) is 9.84 Å². The minimum atomic E-state index is -3.04. The molecule has 1 aliphatic rings. The van der Waals surface area contributed by atoms with Crippen LogP contribution in [0.2, 0.25) is 0 Å². The summed E-state index contributed by atoms with van der Waals surface area (Å²) in [5, 5.41) is -0.302. The second kappa shape index (κ2) is 5.88. The Morgan fingerprint density at radius 2 is 2.06 bits per heavy atom. The Hall–Kier alpha value is -0.130. The van der Waals surface area contributed by atoms with Crippen LogP contribution in [0, 0.1) is 0 Å². The summed E-state index contributed by atoms with van der Waals surface area (Å²) in [7, 11) is -3.04. The van der Waals surface area contributed by atoms with E-state index in [0.29, 0.717) is 12.6 Å². The molecule has 0 aromatic rings. The van der Waals surface area contributed by atoms with Crippen LogP contribution in [0.5, 0.6) is 0 Å². The first-order valence-electron chi connectivity index (χ1n) is 6.99. The van der Waals surface area contributed by atoms with Crippen molar-refractivity contribution in [2.24, 2.45) is 5.73 Å². The molecule has 1 rings (SSSR count). The lowest BCUT2D eigenvalue weighted by Crippen LogP contribution is -2.62. The monoisotopic (exact) mass is 276 g/mol. The number of hydrogen-bond donors (Lipinski definition) is 1. The largest absolute Gasteiger partial charge is 0.329 e. The minimum Gasteiger partial charge on any atom is -0.329 e. The zero-order valence-electron chi connectivity index (χ0n) is 12.1. The van der Waals surface area contributed by atoms with Gasteiger partial charge in [-0.05, 0) is 32.7 Å². The molecule has 0 aliphatic heterocycles. The third kappa shape index (κ3) is 2.73. The highest BCUT2D eigenvalue weighted by atomic mass is 32.2. The molecule has 108 valence electrons. The van der Waals surface area contributed by atoms with Crippen LogP contribution in [-0.2, 0) is 9.84 Å². The third-order valence-electron chi connectivity index (χ3n) is 4.58. The summed E-state index contributed by atoms with van der Waals surface area (Å²) in [6.45, 7) is 7.70. The molecule has 0 amide bonds. The highest BCUT2D eigenvalue weighted by molar-refractivity contribution is 7.91. The molecule has 1 saturated carbocycles. The molecule has 0 bridgehead atoms. The van der Waals surface area contributed by atoms with Gasteiger partial charge >= 0.3 is 0 Å². The van der Waals surface area contributed by atoms with Gasteiger partial charge in [0, 0.05) is 18.8 Å². The van der Waals surface area contributed by atoms with E-state index in [0.717, 1.165) is 32.2 Å². The summed E-state index contributed by atoms with van der Waals surface area (Å²) < 4.78 is 24.1. The van der Waals surface area contributed by atoms with Gasteiger partial charge in [0.05, 0.1) is 10.8 Å². The van der Waals surface area contributed by atoms with Crippen molar-refractivity contribution in [1.29, 1.82) is 0 Å². The van der Waals surface area contributed by atoms with Crippen LogP contribution in [0.3, 0.4) is 0 Å². The van der Waals surface area contributed by atoms with Gasteiger partial charge in [0.1, 0.15) is 0 Å². The van der Waals surface area contributed by atoms with Gasteiger partial charge < -0.3 is 5.73 Å². The number of sulfone groups is 1. The maximum Gasteiger partial charge on any atom is 0.152 e. The van der Waals surface area contributed by atoms with E-state index in [2.05, 4.69) is 25.7 Å². The lowest BCUT2D eigenvalue weighted by molar-refractivity contribution is 0.0651. The van der Waals surface area contributed by atoms with Crippen LogP contribution < -0.4 is 5.73 Å². The van der Waals surface area contributed by atoms with Gasteiger partial charge in [0.25, 0.3) is 0 Å². The summed E-state index contributed by atoms with van der Waals surface area (Å²) in [6, 6.07) is 0.376. The van der Waals surface area contributed by atoms with Crippen LogP contribution >= 0.6 is 0 Å². The van der Waals surface area contributed by atoms with Crippen molar-refractivity contribution in [2.45, 2.75) is 63.3 Å². The van der Waals surface area contributed by atoms with E-state index in [-0.39, 0.29) is 10.8 Å². The van der Waals surface area contributed by atoms with Crippen LogP contribution in [0.1, 0.15) is 46.5 Å². The van der Waals surface area contributed by atoms with Crippen molar-refractivity contribution in [3.8, 4) is 0 Å². The molecule has 0 aromatic carbocycles. The minimum absolute atomic E-state index is 0.302.